The highest BCUT2D eigenvalue weighted by Crippen LogP contribution is 2.53. The number of aromatic nitrogens is 2. The molecule has 1 N–H and O–H groups in total. The second-order valence-electron chi connectivity index (χ2n) is 7.96. The van der Waals surface area contributed by atoms with Crippen molar-refractivity contribution in [3.63, 3.8) is 0 Å². The summed E-state index contributed by atoms with van der Waals surface area (Å²) in [7, 11) is 0. The molecule has 1 fully saturated rings. The normalized spacial score (nSPS) is 14.2. The van der Waals surface area contributed by atoms with Crippen LogP contribution in [0.3, 0.4) is 0 Å². The van der Waals surface area contributed by atoms with Gasteiger partial charge in [0, 0.05) is 11.8 Å². The lowest BCUT2D eigenvalue weighted by atomic mass is 9.92. The lowest BCUT2D eigenvalue weighted by Crippen LogP contribution is -2.18. The smallest absolute Gasteiger partial charge is 0.256 e. The number of nitrogens with zero attached hydrogens (tertiary/aromatic N) is 2. The Morgan fingerprint density at radius 3 is 2.44 bits per heavy atom. The molecule has 4 aromatic rings. The highest BCUT2D eigenvalue weighted by atomic mass is 16.5. The van der Waals surface area contributed by atoms with Crippen LogP contribution >= 0.6 is 0 Å². The van der Waals surface area contributed by atoms with E-state index in [4.69, 9.17) is 14.0 Å². The molecule has 0 radical (unpaired) electrons. The number of ether oxygens (including phenoxy) is 2. The summed E-state index contributed by atoms with van der Waals surface area (Å²) in [6.07, 6.45) is 3.58. The van der Waals surface area contributed by atoms with E-state index in [0.29, 0.717) is 24.8 Å². The van der Waals surface area contributed by atoms with Gasteiger partial charge in [-0.05, 0) is 61.7 Å². The third kappa shape index (κ3) is 3.80. The predicted octanol–water partition coefficient (Wildman–Crippen LogP) is 5.62. The second-order valence-corrected chi connectivity index (χ2v) is 7.96. The number of rotatable bonds is 8. The number of phenols is 1. The first-order valence-corrected chi connectivity index (χ1v) is 10.8. The molecule has 5 rings (SSSR count). The van der Waals surface area contributed by atoms with Crippen molar-refractivity contribution in [2.45, 2.75) is 25.2 Å². The first-order chi connectivity index (χ1) is 15.7. The quantitative estimate of drug-likeness (QED) is 0.393. The van der Waals surface area contributed by atoms with Crippen LogP contribution in [0.15, 0.2) is 77.4 Å². The van der Waals surface area contributed by atoms with E-state index in [1.807, 2.05) is 49.4 Å². The van der Waals surface area contributed by atoms with Crippen LogP contribution in [-0.2, 0) is 5.41 Å². The standard InChI is InChI=1S/C26H24N2O4/c1-2-30-25-21(9-6-16-27-25)31-17-26(14-15-26)24-22(18-7-4-3-5-8-18)23(28-32-24)19-10-12-20(29)13-11-19/h3-13,16,29H,2,14-15,17H2,1H3. The molecule has 0 aliphatic heterocycles. The van der Waals surface area contributed by atoms with Crippen LogP contribution in [-0.4, -0.2) is 28.5 Å². The van der Waals surface area contributed by atoms with Crippen molar-refractivity contribution in [3.05, 3.63) is 78.7 Å². The molecule has 1 saturated carbocycles. The lowest BCUT2D eigenvalue weighted by Gasteiger charge is -2.17. The van der Waals surface area contributed by atoms with Gasteiger partial charge in [-0.15, -0.1) is 0 Å². The summed E-state index contributed by atoms with van der Waals surface area (Å²) in [5.74, 6) is 2.16. The molecular weight excluding hydrogens is 404 g/mol. The third-order valence-corrected chi connectivity index (χ3v) is 5.75. The molecule has 2 aromatic carbocycles. The molecule has 1 aliphatic rings. The van der Waals surface area contributed by atoms with Crippen molar-refractivity contribution in [1.82, 2.24) is 10.1 Å². The van der Waals surface area contributed by atoms with Crippen molar-refractivity contribution in [2.75, 3.05) is 13.2 Å². The zero-order valence-electron chi connectivity index (χ0n) is 17.8. The Hall–Kier alpha value is -3.80. The van der Waals surface area contributed by atoms with Gasteiger partial charge in [-0.1, -0.05) is 35.5 Å². The Balaban J connectivity index is 1.51. The number of phenolic OH excluding ortho intramolecular Hbond substituents is 1. The molecule has 2 aromatic heterocycles. The first-order valence-electron chi connectivity index (χ1n) is 10.8. The van der Waals surface area contributed by atoms with Gasteiger partial charge in [0.1, 0.15) is 18.1 Å². The molecule has 0 saturated heterocycles. The molecule has 0 amide bonds. The van der Waals surface area contributed by atoms with Gasteiger partial charge in [0.15, 0.2) is 11.5 Å². The van der Waals surface area contributed by atoms with Crippen LogP contribution in [0.5, 0.6) is 17.4 Å². The van der Waals surface area contributed by atoms with Crippen molar-refractivity contribution in [2.24, 2.45) is 0 Å². The summed E-state index contributed by atoms with van der Waals surface area (Å²) >= 11 is 0. The largest absolute Gasteiger partial charge is 0.508 e. The maximum atomic E-state index is 9.70. The Morgan fingerprint density at radius 1 is 0.938 bits per heavy atom. The average molecular weight is 428 g/mol. The molecule has 6 nitrogen and oxygen atoms in total. The molecule has 6 heteroatoms. The van der Waals surface area contributed by atoms with Crippen LogP contribution in [0.25, 0.3) is 22.4 Å². The fourth-order valence-electron chi connectivity index (χ4n) is 3.88. The molecule has 1 aliphatic carbocycles. The van der Waals surface area contributed by atoms with Crippen molar-refractivity contribution >= 4 is 0 Å². The second kappa shape index (κ2) is 8.38. The third-order valence-electron chi connectivity index (χ3n) is 5.75. The Bertz CT molecular complexity index is 1200. The van der Waals surface area contributed by atoms with E-state index in [1.54, 1.807) is 18.3 Å². The minimum absolute atomic E-state index is 0.215. The lowest BCUT2D eigenvalue weighted by molar-refractivity contribution is 0.227. The average Bonchev–Trinajstić information content (AvgIpc) is 3.49. The number of pyridine rings is 1. The maximum Gasteiger partial charge on any atom is 0.256 e. The van der Waals surface area contributed by atoms with Gasteiger partial charge in [0.25, 0.3) is 5.88 Å². The molecule has 0 bridgehead atoms. The van der Waals surface area contributed by atoms with Gasteiger partial charge in [0.05, 0.1) is 17.6 Å². The number of aromatic hydroxyl groups is 1. The van der Waals surface area contributed by atoms with Crippen LogP contribution in [0.1, 0.15) is 25.5 Å². The highest BCUT2D eigenvalue weighted by Gasteiger charge is 2.51. The van der Waals surface area contributed by atoms with Crippen molar-refractivity contribution in [3.8, 4) is 39.8 Å². The van der Waals surface area contributed by atoms with Crippen molar-refractivity contribution in [1.29, 1.82) is 0 Å². The first kappa shape index (κ1) is 20.1. The van der Waals surface area contributed by atoms with Crippen LogP contribution in [0.4, 0.5) is 0 Å². The van der Waals surface area contributed by atoms with Gasteiger partial charge in [-0.2, -0.15) is 0 Å². The minimum Gasteiger partial charge on any atom is -0.508 e. The zero-order chi connectivity index (χ0) is 22.0. The number of hydrogen-bond donors (Lipinski definition) is 1. The summed E-state index contributed by atoms with van der Waals surface area (Å²) in [4.78, 5) is 4.27. The number of hydrogen-bond acceptors (Lipinski definition) is 6. The van der Waals surface area contributed by atoms with Crippen LogP contribution in [0, 0.1) is 0 Å². The van der Waals surface area contributed by atoms with Gasteiger partial charge >= 0.3 is 0 Å². The van der Waals surface area contributed by atoms with E-state index >= 15 is 0 Å². The number of benzene rings is 2. The van der Waals surface area contributed by atoms with E-state index in [1.165, 1.54) is 0 Å². The summed E-state index contributed by atoms with van der Waals surface area (Å²) < 4.78 is 17.8. The predicted molar refractivity (Wildman–Crippen MR) is 121 cm³/mol. The van der Waals surface area contributed by atoms with E-state index in [-0.39, 0.29) is 11.2 Å². The van der Waals surface area contributed by atoms with Gasteiger partial charge in [0.2, 0.25) is 0 Å². The van der Waals surface area contributed by atoms with E-state index in [2.05, 4.69) is 22.3 Å². The fraction of sp³-hybridized carbons (Fsp3) is 0.231. The van der Waals surface area contributed by atoms with Gasteiger partial charge in [-0.3, -0.25) is 0 Å². The molecule has 0 atom stereocenters. The van der Waals surface area contributed by atoms with Gasteiger partial charge < -0.3 is 19.1 Å². The maximum absolute atomic E-state index is 9.70. The fourth-order valence-corrected chi connectivity index (χ4v) is 3.88. The minimum atomic E-state index is -0.257. The molecule has 0 spiro atoms. The summed E-state index contributed by atoms with van der Waals surface area (Å²) in [6, 6.07) is 20.9. The van der Waals surface area contributed by atoms with Crippen LogP contribution < -0.4 is 9.47 Å². The van der Waals surface area contributed by atoms with Crippen molar-refractivity contribution < 1.29 is 19.1 Å². The Labute approximate surface area is 186 Å². The van der Waals surface area contributed by atoms with Gasteiger partial charge in [-0.25, -0.2) is 4.98 Å². The Morgan fingerprint density at radius 2 is 1.72 bits per heavy atom. The monoisotopic (exact) mass is 428 g/mol. The van der Waals surface area contributed by atoms with E-state index in [0.717, 1.165) is 41.0 Å². The summed E-state index contributed by atoms with van der Waals surface area (Å²) in [5.41, 5.74) is 3.39. The summed E-state index contributed by atoms with van der Waals surface area (Å²) in [6.45, 7) is 2.89. The molecule has 0 unspecified atom stereocenters. The molecule has 162 valence electrons. The summed E-state index contributed by atoms with van der Waals surface area (Å²) in [5, 5.41) is 14.1. The van der Waals surface area contributed by atoms with E-state index in [9.17, 15) is 5.11 Å². The molecular formula is C26H24N2O4. The van der Waals surface area contributed by atoms with E-state index < -0.39 is 0 Å². The van der Waals surface area contributed by atoms with Crippen LogP contribution in [0.2, 0.25) is 0 Å². The Kier molecular flexibility index (Phi) is 5.27. The molecule has 32 heavy (non-hydrogen) atoms. The zero-order valence-corrected chi connectivity index (χ0v) is 17.8. The molecule has 2 heterocycles. The topological polar surface area (TPSA) is 77.6 Å². The highest BCUT2D eigenvalue weighted by molar-refractivity contribution is 5.83. The SMILES string of the molecule is CCOc1ncccc1OCC1(c2onc(-c3ccc(O)cc3)c2-c2ccccc2)CC1.